The Balaban J connectivity index is 0.000000360. The third-order valence-electron chi connectivity index (χ3n) is 4.63. The molecule has 0 amide bonds. The topological polar surface area (TPSA) is 113 Å². The van der Waals surface area contributed by atoms with Crippen LogP contribution < -0.4 is 11.1 Å². The molecule has 1 aliphatic rings. The van der Waals surface area contributed by atoms with E-state index in [9.17, 15) is 14.7 Å². The number of nitrogens with one attached hydrogen (secondary N) is 1. The van der Waals surface area contributed by atoms with E-state index in [4.69, 9.17) is 17.3 Å². The molecular weight excluding hydrogens is 404 g/mol. The van der Waals surface area contributed by atoms with Crippen molar-refractivity contribution in [3.8, 4) is 18.1 Å². The quantitative estimate of drug-likeness (QED) is 0.124. The number of terminal acetylenes is 1. The SMILES string of the molecule is C#C/C=C\C(=C)O.Nc1ccc(Nc2ccc(O)cc2)c2c1C(=O)c1ccccc1C2=O. The summed E-state index contributed by atoms with van der Waals surface area (Å²) in [6, 6.07) is 16.5. The molecule has 0 atom stereocenters. The number of aliphatic hydroxyl groups excluding tert-OH is 1. The van der Waals surface area contributed by atoms with Crippen LogP contribution in [0.3, 0.4) is 0 Å². The van der Waals surface area contributed by atoms with Crippen LogP contribution in [0.4, 0.5) is 17.1 Å². The lowest BCUT2D eigenvalue weighted by atomic mass is 9.82. The van der Waals surface area contributed by atoms with Gasteiger partial charge in [0.25, 0.3) is 0 Å². The first-order valence-corrected chi connectivity index (χ1v) is 9.51. The van der Waals surface area contributed by atoms with E-state index in [1.165, 1.54) is 24.3 Å². The van der Waals surface area contributed by atoms with Gasteiger partial charge in [0, 0.05) is 22.5 Å². The van der Waals surface area contributed by atoms with Gasteiger partial charge in [0.1, 0.15) is 11.5 Å². The molecule has 158 valence electrons. The van der Waals surface area contributed by atoms with E-state index in [2.05, 4.69) is 17.8 Å². The van der Waals surface area contributed by atoms with Gasteiger partial charge in [-0.3, -0.25) is 9.59 Å². The number of nitrogens with two attached hydrogens (primary N) is 1. The number of hydrogen-bond donors (Lipinski definition) is 4. The Morgan fingerprint density at radius 3 is 2.09 bits per heavy atom. The van der Waals surface area contributed by atoms with Gasteiger partial charge < -0.3 is 21.3 Å². The minimum atomic E-state index is -0.253. The van der Waals surface area contributed by atoms with E-state index < -0.39 is 0 Å². The number of nitrogen functional groups attached to an aromatic ring is 1. The number of anilines is 3. The van der Waals surface area contributed by atoms with Gasteiger partial charge in [-0.2, -0.15) is 0 Å². The van der Waals surface area contributed by atoms with Crippen LogP contribution in [0.25, 0.3) is 0 Å². The standard InChI is InChI=1S/C20H14N2O3.C6H6O/c21-15-9-10-16(22-11-5-7-12(23)8-6-11)18-17(15)19(24)13-3-1-2-4-14(13)20(18)25;1-3-4-5-6(2)7/h1-10,22-23H,21H2;1,4-5,7H,2H2/b;5-4-. The number of fused-ring (bicyclic) bond motifs is 2. The Morgan fingerprint density at radius 1 is 0.969 bits per heavy atom. The number of aliphatic hydroxyl groups is 1. The normalized spacial score (nSPS) is 11.6. The van der Waals surface area contributed by atoms with Crippen LogP contribution in [0.2, 0.25) is 0 Å². The molecule has 6 nitrogen and oxygen atoms in total. The van der Waals surface area contributed by atoms with Crippen molar-refractivity contribution in [3.63, 3.8) is 0 Å². The van der Waals surface area contributed by atoms with Gasteiger partial charge in [-0.1, -0.05) is 36.8 Å². The van der Waals surface area contributed by atoms with Crippen molar-refractivity contribution in [1.29, 1.82) is 0 Å². The number of ketones is 2. The smallest absolute Gasteiger partial charge is 0.196 e. The molecule has 0 radical (unpaired) electrons. The first-order chi connectivity index (χ1) is 15.3. The van der Waals surface area contributed by atoms with Crippen molar-refractivity contribution in [2.45, 2.75) is 0 Å². The molecule has 32 heavy (non-hydrogen) atoms. The number of carbonyl (C=O) groups is 2. The van der Waals surface area contributed by atoms with E-state index in [1.54, 1.807) is 48.5 Å². The van der Waals surface area contributed by atoms with Crippen LogP contribution in [0.15, 0.2) is 85.2 Å². The van der Waals surface area contributed by atoms with Crippen molar-refractivity contribution < 1.29 is 19.8 Å². The summed E-state index contributed by atoms with van der Waals surface area (Å²) >= 11 is 0. The molecule has 5 N–H and O–H groups in total. The Labute approximate surface area is 185 Å². The third-order valence-corrected chi connectivity index (χ3v) is 4.63. The number of aromatic hydroxyl groups is 1. The van der Waals surface area contributed by atoms with Crippen LogP contribution >= 0.6 is 0 Å². The second-order valence-corrected chi connectivity index (χ2v) is 6.82. The maximum absolute atomic E-state index is 13.0. The highest BCUT2D eigenvalue weighted by Crippen LogP contribution is 2.36. The average molecular weight is 424 g/mol. The summed E-state index contributed by atoms with van der Waals surface area (Å²) in [6.07, 6.45) is 7.51. The zero-order valence-corrected chi connectivity index (χ0v) is 17.0. The van der Waals surface area contributed by atoms with Crippen LogP contribution in [0.5, 0.6) is 5.75 Å². The Kier molecular flexibility index (Phi) is 6.42. The fourth-order valence-corrected chi connectivity index (χ4v) is 3.20. The van der Waals surface area contributed by atoms with Gasteiger partial charge in [0.2, 0.25) is 0 Å². The van der Waals surface area contributed by atoms with E-state index in [0.717, 1.165) is 0 Å². The maximum Gasteiger partial charge on any atom is 0.196 e. The molecule has 4 rings (SSSR count). The Hall–Kier alpha value is -4.76. The summed E-state index contributed by atoms with van der Waals surface area (Å²) in [6.45, 7) is 3.17. The maximum atomic E-state index is 13.0. The molecule has 0 unspecified atom stereocenters. The summed E-state index contributed by atoms with van der Waals surface area (Å²) in [5, 5.41) is 20.8. The summed E-state index contributed by atoms with van der Waals surface area (Å²) in [7, 11) is 0. The first kappa shape index (κ1) is 21.9. The average Bonchev–Trinajstić information content (AvgIpc) is 2.79. The monoisotopic (exact) mass is 424 g/mol. The largest absolute Gasteiger partial charge is 0.509 e. The fourth-order valence-electron chi connectivity index (χ4n) is 3.20. The highest BCUT2D eigenvalue weighted by Gasteiger charge is 2.33. The van der Waals surface area contributed by atoms with Crippen molar-refractivity contribution in [2.75, 3.05) is 11.1 Å². The molecule has 0 saturated heterocycles. The van der Waals surface area contributed by atoms with E-state index in [-0.39, 0.29) is 39.9 Å². The minimum absolute atomic E-state index is 0.0158. The molecule has 6 heteroatoms. The van der Waals surface area contributed by atoms with Crippen molar-refractivity contribution >= 4 is 28.6 Å². The molecule has 0 aromatic heterocycles. The van der Waals surface area contributed by atoms with Gasteiger partial charge in [-0.15, -0.1) is 6.42 Å². The molecular formula is C26H20N2O4. The molecule has 0 aliphatic heterocycles. The second-order valence-electron chi connectivity index (χ2n) is 6.82. The number of allylic oxidation sites excluding steroid dienone is 2. The Morgan fingerprint density at radius 2 is 1.56 bits per heavy atom. The second kappa shape index (κ2) is 9.37. The van der Waals surface area contributed by atoms with Gasteiger partial charge in [0.15, 0.2) is 11.6 Å². The van der Waals surface area contributed by atoms with Crippen LogP contribution in [-0.2, 0) is 0 Å². The zero-order chi connectivity index (χ0) is 23.3. The lowest BCUT2D eigenvalue weighted by Gasteiger charge is -2.22. The number of phenolic OH excluding ortho intramolecular Hbond substituents is 1. The number of rotatable bonds is 3. The summed E-state index contributed by atoms with van der Waals surface area (Å²) in [5.41, 5.74) is 8.71. The van der Waals surface area contributed by atoms with Crippen LogP contribution in [0, 0.1) is 12.3 Å². The van der Waals surface area contributed by atoms with Gasteiger partial charge >= 0.3 is 0 Å². The molecule has 0 heterocycles. The van der Waals surface area contributed by atoms with Crippen LogP contribution in [0.1, 0.15) is 31.8 Å². The van der Waals surface area contributed by atoms with Gasteiger partial charge in [-0.25, -0.2) is 0 Å². The molecule has 0 fully saturated rings. The van der Waals surface area contributed by atoms with E-state index in [1.807, 2.05) is 0 Å². The molecule has 0 spiro atoms. The van der Waals surface area contributed by atoms with Crippen molar-refractivity contribution in [3.05, 3.63) is 107 Å². The number of hydrogen-bond acceptors (Lipinski definition) is 6. The third kappa shape index (κ3) is 4.53. The number of carbonyl (C=O) groups excluding carboxylic acids is 2. The molecule has 0 saturated carbocycles. The van der Waals surface area contributed by atoms with Crippen molar-refractivity contribution in [1.82, 2.24) is 0 Å². The van der Waals surface area contributed by atoms with Crippen molar-refractivity contribution in [2.24, 2.45) is 0 Å². The highest BCUT2D eigenvalue weighted by atomic mass is 16.3. The number of benzene rings is 3. The van der Waals surface area contributed by atoms with E-state index in [0.29, 0.717) is 22.5 Å². The van der Waals surface area contributed by atoms with Crippen LogP contribution in [-0.4, -0.2) is 21.8 Å². The van der Waals surface area contributed by atoms with E-state index >= 15 is 0 Å². The lowest BCUT2D eigenvalue weighted by Crippen LogP contribution is -2.23. The summed E-state index contributed by atoms with van der Waals surface area (Å²) < 4.78 is 0. The highest BCUT2D eigenvalue weighted by molar-refractivity contribution is 6.31. The number of phenols is 1. The zero-order valence-electron chi connectivity index (χ0n) is 17.0. The molecule has 3 aromatic carbocycles. The predicted octanol–water partition coefficient (Wildman–Crippen LogP) is 4.74. The molecule has 0 bridgehead atoms. The molecule has 3 aromatic rings. The molecule has 1 aliphatic carbocycles. The summed E-state index contributed by atoms with van der Waals surface area (Å²) in [4.78, 5) is 25.8. The first-order valence-electron chi connectivity index (χ1n) is 9.51. The lowest BCUT2D eigenvalue weighted by molar-refractivity contribution is 0.0980. The van der Waals surface area contributed by atoms with Gasteiger partial charge in [0.05, 0.1) is 16.8 Å². The fraction of sp³-hybridized carbons (Fsp3) is 0. The minimum Gasteiger partial charge on any atom is -0.509 e. The van der Waals surface area contributed by atoms with Gasteiger partial charge in [-0.05, 0) is 48.6 Å². The summed E-state index contributed by atoms with van der Waals surface area (Å²) in [5.74, 6) is 1.84. The predicted molar refractivity (Wildman–Crippen MR) is 125 cm³/mol. The Bertz CT molecular complexity index is 1280.